The second kappa shape index (κ2) is 5.36. The van der Waals surface area contributed by atoms with E-state index in [2.05, 4.69) is 5.32 Å². The van der Waals surface area contributed by atoms with Gasteiger partial charge >= 0.3 is 0 Å². The summed E-state index contributed by atoms with van der Waals surface area (Å²) in [5, 5.41) is 2.91. The Morgan fingerprint density at radius 2 is 2.12 bits per heavy atom. The van der Waals surface area contributed by atoms with Gasteiger partial charge < -0.3 is 14.5 Å². The van der Waals surface area contributed by atoms with Gasteiger partial charge in [-0.25, -0.2) is 0 Å². The highest BCUT2D eigenvalue weighted by Crippen LogP contribution is 2.24. The summed E-state index contributed by atoms with van der Waals surface area (Å²) in [5.41, 5.74) is 0. The fourth-order valence-electron chi connectivity index (χ4n) is 2.35. The Balaban J connectivity index is 1.83. The van der Waals surface area contributed by atoms with E-state index < -0.39 is 0 Å². The van der Waals surface area contributed by atoms with Crippen LogP contribution < -0.4 is 5.32 Å². The summed E-state index contributed by atoms with van der Waals surface area (Å²) in [6, 6.07) is 3.68. The molecule has 1 saturated heterocycles. The highest BCUT2D eigenvalue weighted by atomic mass is 16.5. The van der Waals surface area contributed by atoms with E-state index in [0.717, 1.165) is 18.6 Å². The van der Waals surface area contributed by atoms with Gasteiger partial charge in [0.15, 0.2) is 0 Å². The Bertz CT molecular complexity index is 351. The van der Waals surface area contributed by atoms with Crippen molar-refractivity contribution >= 4 is 5.91 Å². The first-order valence-corrected chi connectivity index (χ1v) is 6.10. The van der Waals surface area contributed by atoms with Gasteiger partial charge in [0.1, 0.15) is 5.76 Å². The number of carbonyl (C=O) groups is 1. The van der Waals surface area contributed by atoms with Crippen molar-refractivity contribution in [1.29, 1.82) is 0 Å². The van der Waals surface area contributed by atoms with Crippen LogP contribution in [0.25, 0.3) is 0 Å². The number of furan rings is 1. The van der Waals surface area contributed by atoms with Crippen LogP contribution in [0.4, 0.5) is 0 Å². The molecule has 4 heteroatoms. The number of amides is 1. The second-order valence-electron chi connectivity index (χ2n) is 4.72. The molecule has 94 valence electrons. The molecule has 4 nitrogen and oxygen atoms in total. The van der Waals surface area contributed by atoms with Crippen molar-refractivity contribution in [3.05, 3.63) is 24.2 Å². The Morgan fingerprint density at radius 3 is 2.71 bits per heavy atom. The van der Waals surface area contributed by atoms with Crippen LogP contribution in [-0.2, 0) is 16.1 Å². The molecule has 1 fully saturated rings. The topological polar surface area (TPSA) is 51.5 Å². The molecule has 1 N–H and O–H groups in total. The summed E-state index contributed by atoms with van der Waals surface area (Å²) in [5.74, 6) is 0.943. The van der Waals surface area contributed by atoms with E-state index in [1.165, 1.54) is 0 Å². The molecule has 1 aromatic heterocycles. The second-order valence-corrected chi connectivity index (χ2v) is 4.72. The molecular weight excluding hydrogens is 218 g/mol. The zero-order valence-corrected chi connectivity index (χ0v) is 10.3. The highest BCUT2D eigenvalue weighted by Gasteiger charge is 2.29. The molecule has 17 heavy (non-hydrogen) atoms. The molecule has 2 rings (SSSR count). The summed E-state index contributed by atoms with van der Waals surface area (Å²) in [7, 11) is 0. The molecule has 1 aliphatic rings. The third kappa shape index (κ3) is 3.33. The first-order valence-electron chi connectivity index (χ1n) is 6.10. The lowest BCUT2D eigenvalue weighted by molar-refractivity contribution is -0.133. The molecule has 2 unspecified atom stereocenters. The summed E-state index contributed by atoms with van der Waals surface area (Å²) < 4.78 is 10.8. The summed E-state index contributed by atoms with van der Waals surface area (Å²) >= 11 is 0. The lowest BCUT2D eigenvalue weighted by Gasteiger charge is -2.31. The Hall–Kier alpha value is -1.29. The minimum Gasteiger partial charge on any atom is -0.467 e. The number of ether oxygens (including phenoxy) is 1. The number of hydrogen-bond acceptors (Lipinski definition) is 3. The minimum atomic E-state index is 0.0590. The van der Waals surface area contributed by atoms with Crippen LogP contribution in [-0.4, -0.2) is 18.1 Å². The van der Waals surface area contributed by atoms with Crippen molar-refractivity contribution in [2.24, 2.45) is 5.92 Å². The maximum absolute atomic E-state index is 12.0. The van der Waals surface area contributed by atoms with Gasteiger partial charge in [-0.1, -0.05) is 0 Å². The summed E-state index contributed by atoms with van der Waals surface area (Å²) in [4.78, 5) is 12.0. The van der Waals surface area contributed by atoms with E-state index in [-0.39, 0.29) is 24.0 Å². The van der Waals surface area contributed by atoms with Crippen molar-refractivity contribution < 1.29 is 13.9 Å². The van der Waals surface area contributed by atoms with Crippen molar-refractivity contribution in [2.45, 2.75) is 45.4 Å². The monoisotopic (exact) mass is 237 g/mol. The van der Waals surface area contributed by atoms with Crippen LogP contribution in [0.2, 0.25) is 0 Å². The number of hydrogen-bond donors (Lipinski definition) is 1. The minimum absolute atomic E-state index is 0.0590. The average Bonchev–Trinajstić information content (AvgIpc) is 2.77. The van der Waals surface area contributed by atoms with Gasteiger partial charge in [0.05, 0.1) is 25.0 Å². The molecular formula is C13H19NO3. The first-order chi connectivity index (χ1) is 8.15. The third-order valence-corrected chi connectivity index (χ3v) is 3.09. The molecule has 1 amide bonds. The first kappa shape index (κ1) is 12.2. The zero-order chi connectivity index (χ0) is 12.3. The molecule has 0 spiro atoms. The van der Waals surface area contributed by atoms with Crippen LogP contribution in [0.15, 0.2) is 22.8 Å². The van der Waals surface area contributed by atoms with Gasteiger partial charge in [0, 0.05) is 5.92 Å². The average molecular weight is 237 g/mol. The van der Waals surface area contributed by atoms with Crippen LogP contribution in [0.5, 0.6) is 0 Å². The number of carbonyl (C=O) groups excluding carboxylic acids is 1. The van der Waals surface area contributed by atoms with Crippen molar-refractivity contribution in [1.82, 2.24) is 5.32 Å². The number of rotatable bonds is 3. The maximum atomic E-state index is 12.0. The normalized spacial score (nSPS) is 28.9. The van der Waals surface area contributed by atoms with E-state index in [9.17, 15) is 4.79 Å². The lowest BCUT2D eigenvalue weighted by atomic mass is 9.92. The largest absolute Gasteiger partial charge is 0.467 e. The molecule has 0 aromatic carbocycles. The van der Waals surface area contributed by atoms with E-state index in [4.69, 9.17) is 9.15 Å². The standard InChI is InChI=1S/C13H19NO3/c1-9-6-11(7-10(2)17-9)13(15)14-8-12-4-3-5-16-12/h3-5,9-11H,6-8H2,1-2H3,(H,14,15). The fourth-order valence-corrected chi connectivity index (χ4v) is 2.35. The van der Waals surface area contributed by atoms with Crippen LogP contribution in [0.1, 0.15) is 32.4 Å². The Labute approximate surface area is 101 Å². The van der Waals surface area contributed by atoms with Gasteiger partial charge in [-0.05, 0) is 38.8 Å². The molecule has 2 heterocycles. The SMILES string of the molecule is CC1CC(C(=O)NCc2ccco2)CC(C)O1. The summed E-state index contributed by atoms with van der Waals surface area (Å²) in [6.07, 6.45) is 3.54. The van der Waals surface area contributed by atoms with Gasteiger partial charge in [-0.2, -0.15) is 0 Å². The Kier molecular flexibility index (Phi) is 3.84. The van der Waals surface area contributed by atoms with Gasteiger partial charge in [-0.3, -0.25) is 4.79 Å². The molecule has 0 saturated carbocycles. The quantitative estimate of drug-likeness (QED) is 0.875. The predicted octanol–water partition coefficient (Wildman–Crippen LogP) is 2.10. The van der Waals surface area contributed by atoms with E-state index in [1.807, 2.05) is 26.0 Å². The smallest absolute Gasteiger partial charge is 0.223 e. The molecule has 2 atom stereocenters. The van der Waals surface area contributed by atoms with Gasteiger partial charge in [-0.15, -0.1) is 0 Å². The molecule has 1 aliphatic heterocycles. The van der Waals surface area contributed by atoms with Crippen molar-refractivity contribution in [2.75, 3.05) is 0 Å². The van der Waals surface area contributed by atoms with E-state index in [0.29, 0.717) is 6.54 Å². The molecule has 0 bridgehead atoms. The van der Waals surface area contributed by atoms with Gasteiger partial charge in [0.2, 0.25) is 5.91 Å². The van der Waals surface area contributed by atoms with Crippen LogP contribution >= 0.6 is 0 Å². The van der Waals surface area contributed by atoms with Crippen molar-refractivity contribution in [3.63, 3.8) is 0 Å². The third-order valence-electron chi connectivity index (χ3n) is 3.09. The fraction of sp³-hybridized carbons (Fsp3) is 0.615. The van der Waals surface area contributed by atoms with Crippen LogP contribution in [0.3, 0.4) is 0 Å². The van der Waals surface area contributed by atoms with E-state index in [1.54, 1.807) is 6.26 Å². The van der Waals surface area contributed by atoms with Crippen molar-refractivity contribution in [3.8, 4) is 0 Å². The molecule has 0 aliphatic carbocycles. The predicted molar refractivity (Wildman–Crippen MR) is 63.3 cm³/mol. The van der Waals surface area contributed by atoms with Crippen LogP contribution in [0, 0.1) is 5.92 Å². The van der Waals surface area contributed by atoms with E-state index >= 15 is 0 Å². The number of nitrogens with one attached hydrogen (secondary N) is 1. The zero-order valence-electron chi connectivity index (χ0n) is 10.3. The maximum Gasteiger partial charge on any atom is 0.223 e. The summed E-state index contributed by atoms with van der Waals surface area (Å²) in [6.45, 7) is 4.50. The van der Waals surface area contributed by atoms with Gasteiger partial charge in [0.25, 0.3) is 0 Å². The Morgan fingerprint density at radius 1 is 1.41 bits per heavy atom. The lowest BCUT2D eigenvalue weighted by Crippen LogP contribution is -2.38. The highest BCUT2D eigenvalue weighted by molar-refractivity contribution is 5.78. The molecule has 0 radical (unpaired) electrons. The molecule has 1 aromatic rings.